The molecule has 7 heteroatoms. The van der Waals surface area contributed by atoms with Gasteiger partial charge in [-0.25, -0.2) is 0 Å². The van der Waals surface area contributed by atoms with E-state index in [1.54, 1.807) is 6.92 Å². The minimum Gasteiger partial charge on any atom is -0.461 e. The van der Waals surface area contributed by atoms with Crippen LogP contribution >= 0.6 is 0 Å². The molecule has 0 spiro atoms. The molecule has 3 fully saturated rings. The first-order valence-corrected chi connectivity index (χ1v) is 17.4. The summed E-state index contributed by atoms with van der Waals surface area (Å²) in [4.78, 5) is 27.3. The van der Waals surface area contributed by atoms with E-state index in [1.165, 1.54) is 5.56 Å². The molecule has 1 N–H and O–H groups in total. The molecule has 9 unspecified atom stereocenters. The van der Waals surface area contributed by atoms with Gasteiger partial charge in [0, 0.05) is 18.3 Å². The van der Waals surface area contributed by atoms with Crippen molar-refractivity contribution in [2.45, 2.75) is 102 Å². The smallest absolute Gasteiger partial charge is 0.313 e. The summed E-state index contributed by atoms with van der Waals surface area (Å²) in [5.74, 6) is -3.24. The lowest BCUT2D eigenvalue weighted by Crippen LogP contribution is -2.70. The molecule has 0 aromatic heterocycles. The number of hydrogen-bond acceptors (Lipinski definition) is 7. The van der Waals surface area contributed by atoms with Gasteiger partial charge in [-0.3, -0.25) is 9.59 Å². The van der Waals surface area contributed by atoms with Gasteiger partial charge in [0.1, 0.15) is 23.9 Å². The van der Waals surface area contributed by atoms with Crippen molar-refractivity contribution in [3.8, 4) is 0 Å². The first kappa shape index (κ1) is 33.2. The molecular formula is C41H48O7. The Morgan fingerprint density at radius 1 is 1.04 bits per heavy atom. The number of fused-ring (bicyclic) bond motifs is 2. The van der Waals surface area contributed by atoms with Crippen LogP contribution in [0.4, 0.5) is 0 Å². The minimum atomic E-state index is -1.77. The van der Waals surface area contributed by atoms with E-state index >= 15 is 0 Å². The van der Waals surface area contributed by atoms with Crippen molar-refractivity contribution < 1.29 is 33.6 Å². The Bertz CT molecular complexity index is 1690. The minimum absolute atomic E-state index is 0.0313. The van der Waals surface area contributed by atoms with Gasteiger partial charge in [-0.15, -0.1) is 0 Å². The molecule has 2 heterocycles. The van der Waals surface area contributed by atoms with Crippen LogP contribution in [0.15, 0.2) is 90.0 Å². The topological polar surface area (TPSA) is 91.3 Å². The normalized spacial score (nSPS) is 37.0. The average Bonchev–Trinajstić information content (AvgIpc) is 3.35. The quantitative estimate of drug-likeness (QED) is 0.236. The van der Waals surface area contributed by atoms with Crippen LogP contribution in [-0.2, 0) is 41.4 Å². The molecule has 7 rings (SSSR count). The second-order valence-corrected chi connectivity index (χ2v) is 15.5. The van der Waals surface area contributed by atoms with E-state index in [1.807, 2.05) is 68.5 Å². The van der Waals surface area contributed by atoms with E-state index in [0.717, 1.165) is 23.1 Å². The van der Waals surface area contributed by atoms with Crippen LogP contribution in [0.25, 0.3) is 0 Å². The van der Waals surface area contributed by atoms with Crippen LogP contribution in [0.1, 0.15) is 77.0 Å². The van der Waals surface area contributed by atoms with E-state index in [2.05, 4.69) is 39.5 Å². The van der Waals surface area contributed by atoms with Crippen LogP contribution in [0.5, 0.6) is 0 Å². The van der Waals surface area contributed by atoms with Gasteiger partial charge in [0.25, 0.3) is 5.97 Å². The van der Waals surface area contributed by atoms with E-state index in [4.69, 9.17) is 18.9 Å². The molecule has 2 aromatic carbocycles. The van der Waals surface area contributed by atoms with Gasteiger partial charge < -0.3 is 24.1 Å². The highest BCUT2D eigenvalue weighted by atomic mass is 16.9. The second-order valence-electron chi connectivity index (χ2n) is 15.5. The summed E-state index contributed by atoms with van der Waals surface area (Å²) in [5.41, 5.74) is 1.49. The predicted molar refractivity (Wildman–Crippen MR) is 182 cm³/mol. The average molecular weight is 653 g/mol. The van der Waals surface area contributed by atoms with Crippen LogP contribution in [0, 0.1) is 23.7 Å². The third-order valence-corrected chi connectivity index (χ3v) is 11.6. The maximum Gasteiger partial charge on any atom is 0.313 e. The number of hydrogen-bond donors (Lipinski definition) is 1. The number of carbonyl (C=O) groups is 2. The van der Waals surface area contributed by atoms with E-state index in [-0.39, 0.29) is 30.7 Å². The molecule has 3 bridgehead atoms. The number of ether oxygens (including phenoxy) is 4. The van der Waals surface area contributed by atoms with Crippen molar-refractivity contribution in [1.29, 1.82) is 0 Å². The Morgan fingerprint density at radius 3 is 2.42 bits per heavy atom. The van der Waals surface area contributed by atoms with Gasteiger partial charge >= 0.3 is 5.97 Å². The SMILES string of the molecule is C=C(C)C12CC(C)C34OC(Cc5ccccc5)(OC1C3C=C(COC(=O)C(C)c1ccc(CC(C)C)cc1)CC1(O)C(=O)C(C)=CC14)O2. The first-order valence-electron chi connectivity index (χ1n) is 17.4. The molecule has 0 amide bonds. The molecule has 5 aliphatic rings. The van der Waals surface area contributed by atoms with Crippen molar-refractivity contribution in [2.24, 2.45) is 23.7 Å². The number of aliphatic hydroxyl groups is 1. The van der Waals surface area contributed by atoms with Crippen molar-refractivity contribution in [1.82, 2.24) is 0 Å². The standard InChI is InChI=1S/C41H48O7/c1-24(2)17-29-13-15-32(16-14-29)28(7)37(43)45-23-31-19-33-36-39(25(3)4)20-27(6)41(33,34-18-26(5)35(42)38(34,44)21-31)48-40(46-36,47-39)22-30-11-9-8-10-12-30/h8-16,18-19,24,27-28,33-34,36,44H,3,17,20-23H2,1-2,4-7H3. The van der Waals surface area contributed by atoms with Gasteiger partial charge in [0.15, 0.2) is 5.78 Å². The van der Waals surface area contributed by atoms with E-state index < -0.39 is 46.6 Å². The lowest BCUT2D eigenvalue weighted by molar-refractivity contribution is -0.421. The molecule has 2 saturated heterocycles. The summed E-state index contributed by atoms with van der Waals surface area (Å²) in [5, 5.41) is 12.5. The fourth-order valence-electron chi connectivity index (χ4n) is 9.33. The molecule has 9 atom stereocenters. The van der Waals surface area contributed by atoms with Crippen molar-refractivity contribution in [3.63, 3.8) is 0 Å². The summed E-state index contributed by atoms with van der Waals surface area (Å²) in [6, 6.07) is 18.1. The Morgan fingerprint density at radius 2 is 1.75 bits per heavy atom. The molecule has 3 aliphatic carbocycles. The van der Waals surface area contributed by atoms with Gasteiger partial charge in [-0.1, -0.05) is 94.1 Å². The number of benzene rings is 2. The van der Waals surface area contributed by atoms with E-state index in [0.29, 0.717) is 29.9 Å². The zero-order valence-corrected chi connectivity index (χ0v) is 29.0. The fraction of sp³-hybridized carbons (Fsp3) is 0.512. The number of Topliss-reactive ketones (excluding diaryl/α,β-unsaturated/α-hetero) is 1. The molecule has 0 radical (unpaired) electrons. The highest BCUT2D eigenvalue weighted by Gasteiger charge is 2.79. The number of rotatable bonds is 9. The molecule has 2 aromatic rings. The Hall–Kier alpha value is -3.36. The molecule has 1 saturated carbocycles. The molecule has 254 valence electrons. The van der Waals surface area contributed by atoms with Crippen LogP contribution in [0.3, 0.4) is 0 Å². The van der Waals surface area contributed by atoms with Crippen molar-refractivity contribution in [2.75, 3.05) is 6.61 Å². The van der Waals surface area contributed by atoms with E-state index in [9.17, 15) is 14.7 Å². The van der Waals surface area contributed by atoms with Crippen molar-refractivity contribution in [3.05, 3.63) is 107 Å². The molecular weight excluding hydrogens is 604 g/mol. The Labute approximate surface area is 284 Å². The van der Waals surface area contributed by atoms with Gasteiger partial charge in [-0.05, 0) is 78.9 Å². The highest BCUT2D eigenvalue weighted by molar-refractivity contribution is 6.04. The summed E-state index contributed by atoms with van der Waals surface area (Å²) in [7, 11) is 0. The zero-order valence-electron chi connectivity index (χ0n) is 29.0. The second kappa shape index (κ2) is 11.6. The number of esters is 1. The summed E-state index contributed by atoms with van der Waals surface area (Å²) < 4.78 is 27.0. The predicted octanol–water partition coefficient (Wildman–Crippen LogP) is 6.79. The highest BCUT2D eigenvalue weighted by Crippen LogP contribution is 2.68. The molecule has 7 nitrogen and oxygen atoms in total. The maximum atomic E-state index is 13.9. The zero-order chi connectivity index (χ0) is 34.2. The lowest BCUT2D eigenvalue weighted by Gasteiger charge is -2.59. The largest absolute Gasteiger partial charge is 0.461 e. The third kappa shape index (κ3) is 5.00. The Kier molecular flexibility index (Phi) is 8.02. The number of ketones is 1. The van der Waals surface area contributed by atoms with Crippen LogP contribution < -0.4 is 0 Å². The molecule has 2 aliphatic heterocycles. The summed E-state index contributed by atoms with van der Waals surface area (Å²) >= 11 is 0. The van der Waals surface area contributed by atoms with Crippen molar-refractivity contribution >= 4 is 11.8 Å². The monoisotopic (exact) mass is 652 g/mol. The van der Waals surface area contributed by atoms with Crippen LogP contribution in [-0.4, -0.2) is 52.3 Å². The van der Waals surface area contributed by atoms with Gasteiger partial charge in [-0.2, -0.15) is 0 Å². The fourth-order valence-corrected chi connectivity index (χ4v) is 9.33. The third-order valence-electron chi connectivity index (χ3n) is 11.6. The maximum absolute atomic E-state index is 13.9. The molecule has 48 heavy (non-hydrogen) atoms. The summed E-state index contributed by atoms with van der Waals surface area (Å²) in [6.07, 6.45) is 5.38. The first-order chi connectivity index (χ1) is 22.7. The van der Waals surface area contributed by atoms with Gasteiger partial charge in [0.2, 0.25) is 0 Å². The Balaban J connectivity index is 1.24. The number of carbonyl (C=O) groups excluding carboxylic acids is 2. The lowest BCUT2D eigenvalue weighted by atomic mass is 9.55. The summed E-state index contributed by atoms with van der Waals surface area (Å²) in [6.45, 7) is 16.4. The van der Waals surface area contributed by atoms with Gasteiger partial charge in [0.05, 0.1) is 17.9 Å². The van der Waals surface area contributed by atoms with Crippen LogP contribution in [0.2, 0.25) is 0 Å².